The summed E-state index contributed by atoms with van der Waals surface area (Å²) >= 11 is 0. The molecule has 14 heavy (non-hydrogen) atoms. The van der Waals surface area contributed by atoms with Crippen LogP contribution in [0, 0.1) is 12.3 Å². The Balaban J connectivity index is 3.07. The number of benzene rings is 1. The van der Waals surface area contributed by atoms with E-state index >= 15 is 0 Å². The van der Waals surface area contributed by atoms with Gasteiger partial charge in [-0.2, -0.15) is 0 Å². The molecule has 1 rings (SSSR count). The van der Waals surface area contributed by atoms with Gasteiger partial charge in [0.05, 0.1) is 7.11 Å². The van der Waals surface area contributed by atoms with Gasteiger partial charge in [0.15, 0.2) is 6.10 Å². The molecule has 0 bridgehead atoms. The minimum absolute atomic E-state index is 0.391. The zero-order chi connectivity index (χ0) is 10.6. The molecule has 1 aromatic carbocycles. The van der Waals surface area contributed by atoms with Gasteiger partial charge in [0, 0.05) is 11.1 Å². The van der Waals surface area contributed by atoms with Crippen LogP contribution in [0.2, 0.25) is 0 Å². The van der Waals surface area contributed by atoms with Crippen molar-refractivity contribution in [1.29, 1.82) is 0 Å². The highest BCUT2D eigenvalue weighted by atomic mass is 16.5. The van der Waals surface area contributed by atoms with E-state index in [-0.39, 0.29) is 0 Å². The third-order valence-corrected chi connectivity index (χ3v) is 1.84. The smallest absolute Gasteiger partial charge is 0.339 e. The van der Waals surface area contributed by atoms with Gasteiger partial charge in [-0.25, -0.2) is 4.79 Å². The Morgan fingerprint density at radius 1 is 1.57 bits per heavy atom. The topological polar surface area (TPSA) is 46.5 Å². The number of aliphatic hydroxyl groups excluding tert-OH is 1. The predicted molar refractivity (Wildman–Crippen MR) is 51.4 cm³/mol. The normalized spacial score (nSPS) is 11.5. The highest BCUT2D eigenvalue weighted by molar-refractivity contribution is 5.77. The molecule has 0 aliphatic rings. The standard InChI is InChI=1S/C11H10O3/c1-3-8-6-4-5-7-9(8)10(12)11(13)14-2/h1,4-7,10,12H,2H3. The Morgan fingerprint density at radius 2 is 2.21 bits per heavy atom. The summed E-state index contributed by atoms with van der Waals surface area (Å²) in [5.41, 5.74) is 0.882. The van der Waals surface area contributed by atoms with E-state index in [2.05, 4.69) is 10.7 Å². The summed E-state index contributed by atoms with van der Waals surface area (Å²) in [5, 5.41) is 9.53. The second-order valence-electron chi connectivity index (χ2n) is 2.66. The van der Waals surface area contributed by atoms with Crippen LogP contribution in [0.15, 0.2) is 24.3 Å². The fourth-order valence-electron chi connectivity index (χ4n) is 1.11. The maximum absolute atomic E-state index is 11.0. The Hall–Kier alpha value is -1.79. The molecule has 1 aromatic rings. The van der Waals surface area contributed by atoms with Crippen molar-refractivity contribution in [3.05, 3.63) is 35.4 Å². The lowest BCUT2D eigenvalue weighted by atomic mass is 10.0. The van der Waals surface area contributed by atoms with E-state index in [1.165, 1.54) is 7.11 Å². The molecule has 0 aliphatic heterocycles. The van der Waals surface area contributed by atoms with Crippen molar-refractivity contribution in [3.8, 4) is 12.3 Å². The van der Waals surface area contributed by atoms with Gasteiger partial charge in [-0.1, -0.05) is 24.1 Å². The van der Waals surface area contributed by atoms with Gasteiger partial charge >= 0.3 is 5.97 Å². The number of ether oxygens (including phenoxy) is 1. The number of terminal acetylenes is 1. The fraction of sp³-hybridized carbons (Fsp3) is 0.182. The summed E-state index contributed by atoms with van der Waals surface area (Å²) in [7, 11) is 1.21. The number of methoxy groups -OCH3 is 1. The molecule has 0 aromatic heterocycles. The zero-order valence-electron chi connectivity index (χ0n) is 7.73. The minimum Gasteiger partial charge on any atom is -0.467 e. The number of carbonyl (C=O) groups excluding carboxylic acids is 1. The molecule has 1 N–H and O–H groups in total. The Kier molecular flexibility index (Phi) is 3.27. The molecule has 0 saturated carbocycles. The lowest BCUT2D eigenvalue weighted by Gasteiger charge is -2.09. The van der Waals surface area contributed by atoms with Gasteiger partial charge in [-0.05, 0) is 6.07 Å². The molecule has 72 valence electrons. The Labute approximate surface area is 82.3 Å². The summed E-state index contributed by atoms with van der Waals surface area (Å²) in [6.45, 7) is 0. The van der Waals surface area contributed by atoms with Crippen LogP contribution in [0.5, 0.6) is 0 Å². The van der Waals surface area contributed by atoms with E-state index < -0.39 is 12.1 Å². The maximum Gasteiger partial charge on any atom is 0.339 e. The summed E-state index contributed by atoms with van der Waals surface area (Å²) in [6, 6.07) is 6.68. The minimum atomic E-state index is -1.31. The Morgan fingerprint density at radius 3 is 2.79 bits per heavy atom. The van der Waals surface area contributed by atoms with Gasteiger partial charge < -0.3 is 9.84 Å². The van der Waals surface area contributed by atoms with Crippen LogP contribution in [0.3, 0.4) is 0 Å². The van der Waals surface area contributed by atoms with Crippen LogP contribution in [-0.4, -0.2) is 18.2 Å². The van der Waals surface area contributed by atoms with Gasteiger partial charge in [0.25, 0.3) is 0 Å². The zero-order valence-corrected chi connectivity index (χ0v) is 7.73. The fourth-order valence-corrected chi connectivity index (χ4v) is 1.11. The lowest BCUT2D eigenvalue weighted by Crippen LogP contribution is -2.14. The highest BCUT2D eigenvalue weighted by Gasteiger charge is 2.19. The second-order valence-corrected chi connectivity index (χ2v) is 2.66. The van der Waals surface area contributed by atoms with Gasteiger partial charge in [0.1, 0.15) is 0 Å². The molecule has 3 heteroatoms. The van der Waals surface area contributed by atoms with Crippen molar-refractivity contribution in [2.75, 3.05) is 7.11 Å². The van der Waals surface area contributed by atoms with E-state index in [1.807, 2.05) is 0 Å². The first kappa shape index (κ1) is 10.3. The number of hydrogen-bond acceptors (Lipinski definition) is 3. The van der Waals surface area contributed by atoms with Crippen molar-refractivity contribution < 1.29 is 14.6 Å². The van der Waals surface area contributed by atoms with Crippen LogP contribution in [0.25, 0.3) is 0 Å². The maximum atomic E-state index is 11.0. The first-order valence-corrected chi connectivity index (χ1v) is 4.02. The third kappa shape index (κ3) is 1.93. The molecule has 0 saturated heterocycles. The number of esters is 1. The van der Waals surface area contributed by atoms with Gasteiger partial charge in [0.2, 0.25) is 0 Å². The Bertz CT molecular complexity index is 376. The molecular formula is C11H10O3. The van der Waals surface area contributed by atoms with Crippen LogP contribution >= 0.6 is 0 Å². The largest absolute Gasteiger partial charge is 0.467 e. The highest BCUT2D eigenvalue weighted by Crippen LogP contribution is 2.18. The van der Waals surface area contributed by atoms with Gasteiger partial charge in [-0.3, -0.25) is 0 Å². The third-order valence-electron chi connectivity index (χ3n) is 1.84. The lowest BCUT2D eigenvalue weighted by molar-refractivity contribution is -0.150. The molecule has 0 radical (unpaired) electrons. The monoisotopic (exact) mass is 190 g/mol. The first-order chi connectivity index (χ1) is 6.70. The molecular weight excluding hydrogens is 180 g/mol. The molecule has 1 unspecified atom stereocenters. The van der Waals surface area contributed by atoms with Crippen molar-refractivity contribution in [2.45, 2.75) is 6.10 Å². The number of aliphatic hydroxyl groups is 1. The predicted octanol–water partition coefficient (Wildman–Crippen LogP) is 0.874. The van der Waals surface area contributed by atoms with Gasteiger partial charge in [-0.15, -0.1) is 6.42 Å². The molecule has 1 atom stereocenters. The molecule has 3 nitrogen and oxygen atoms in total. The molecule has 0 spiro atoms. The average molecular weight is 190 g/mol. The summed E-state index contributed by atoms with van der Waals surface area (Å²) < 4.78 is 4.41. The van der Waals surface area contributed by atoms with Crippen LogP contribution in [0.1, 0.15) is 17.2 Å². The summed E-state index contributed by atoms with van der Waals surface area (Å²) in [6.07, 6.45) is 3.90. The quantitative estimate of drug-likeness (QED) is 0.556. The molecule has 0 aliphatic carbocycles. The summed E-state index contributed by atoms with van der Waals surface area (Å²) in [5.74, 6) is 1.67. The molecule has 0 amide bonds. The van der Waals surface area contributed by atoms with E-state index in [0.717, 1.165) is 0 Å². The number of hydrogen-bond donors (Lipinski definition) is 1. The molecule has 0 heterocycles. The van der Waals surface area contributed by atoms with Crippen molar-refractivity contribution in [1.82, 2.24) is 0 Å². The first-order valence-electron chi connectivity index (χ1n) is 4.02. The number of rotatable bonds is 2. The second kappa shape index (κ2) is 4.45. The van der Waals surface area contributed by atoms with Crippen molar-refractivity contribution in [2.24, 2.45) is 0 Å². The van der Waals surface area contributed by atoms with E-state index in [0.29, 0.717) is 11.1 Å². The van der Waals surface area contributed by atoms with Crippen molar-refractivity contribution >= 4 is 5.97 Å². The summed E-state index contributed by atoms with van der Waals surface area (Å²) in [4.78, 5) is 11.0. The van der Waals surface area contributed by atoms with Crippen LogP contribution in [0.4, 0.5) is 0 Å². The van der Waals surface area contributed by atoms with E-state index in [1.54, 1.807) is 24.3 Å². The molecule has 0 fully saturated rings. The van der Waals surface area contributed by atoms with Crippen LogP contribution in [-0.2, 0) is 9.53 Å². The van der Waals surface area contributed by atoms with Crippen LogP contribution < -0.4 is 0 Å². The van der Waals surface area contributed by atoms with E-state index in [4.69, 9.17) is 6.42 Å². The SMILES string of the molecule is C#Cc1ccccc1C(O)C(=O)OC. The van der Waals surface area contributed by atoms with E-state index in [9.17, 15) is 9.90 Å². The van der Waals surface area contributed by atoms with Crippen molar-refractivity contribution in [3.63, 3.8) is 0 Å². The number of carbonyl (C=O) groups is 1. The average Bonchev–Trinajstić information content (AvgIpc) is 2.26.